The summed E-state index contributed by atoms with van der Waals surface area (Å²) in [7, 11) is 0. The fourth-order valence-corrected chi connectivity index (χ4v) is 2.71. The van der Waals surface area contributed by atoms with E-state index in [2.05, 4.69) is 21.3 Å². The van der Waals surface area contributed by atoms with Crippen LogP contribution >= 0.6 is 0 Å². The molecule has 1 amide bonds. The molecule has 1 fully saturated rings. The molecule has 0 bridgehead atoms. The molecule has 1 aromatic heterocycles. The number of carbonyl (C=O) groups excluding carboxylic acids is 1. The van der Waals surface area contributed by atoms with Crippen molar-refractivity contribution in [2.75, 3.05) is 18.0 Å². The molecule has 2 heterocycles. The van der Waals surface area contributed by atoms with Crippen molar-refractivity contribution in [1.29, 1.82) is 0 Å². The topological polar surface area (TPSA) is 71.2 Å². The van der Waals surface area contributed by atoms with E-state index in [0.717, 1.165) is 30.9 Å². The SMILES string of the molecule is CCCC(C)(N)C(=O)NCc1ccnc(N2CCCC2)c1. The van der Waals surface area contributed by atoms with E-state index >= 15 is 0 Å². The third-order valence-corrected chi connectivity index (χ3v) is 3.98. The van der Waals surface area contributed by atoms with Gasteiger partial charge in [0, 0.05) is 25.8 Å². The van der Waals surface area contributed by atoms with Crippen molar-refractivity contribution in [3.05, 3.63) is 23.9 Å². The Bertz CT molecular complexity index is 481. The largest absolute Gasteiger partial charge is 0.357 e. The summed E-state index contributed by atoms with van der Waals surface area (Å²) < 4.78 is 0. The molecule has 21 heavy (non-hydrogen) atoms. The molecular formula is C16H26N4O. The average molecular weight is 290 g/mol. The van der Waals surface area contributed by atoms with E-state index in [0.29, 0.717) is 13.0 Å². The number of anilines is 1. The summed E-state index contributed by atoms with van der Waals surface area (Å²) in [5.41, 5.74) is 6.30. The van der Waals surface area contributed by atoms with E-state index in [-0.39, 0.29) is 5.91 Å². The summed E-state index contributed by atoms with van der Waals surface area (Å²) in [6.45, 7) is 6.46. The maximum absolute atomic E-state index is 12.1. The lowest BCUT2D eigenvalue weighted by Gasteiger charge is -2.23. The fraction of sp³-hybridized carbons (Fsp3) is 0.625. The van der Waals surface area contributed by atoms with Gasteiger partial charge in [-0.3, -0.25) is 4.79 Å². The Morgan fingerprint density at radius 1 is 1.48 bits per heavy atom. The fourth-order valence-electron chi connectivity index (χ4n) is 2.71. The van der Waals surface area contributed by atoms with Gasteiger partial charge in [-0.25, -0.2) is 4.98 Å². The predicted octanol–water partition coefficient (Wildman–Crippen LogP) is 1.82. The minimum atomic E-state index is -0.792. The zero-order valence-electron chi connectivity index (χ0n) is 13.1. The first-order chi connectivity index (χ1) is 10.0. The third-order valence-electron chi connectivity index (χ3n) is 3.98. The first kappa shape index (κ1) is 15.8. The van der Waals surface area contributed by atoms with E-state index in [9.17, 15) is 4.79 Å². The second kappa shape index (κ2) is 6.89. The van der Waals surface area contributed by atoms with Crippen molar-refractivity contribution < 1.29 is 4.79 Å². The van der Waals surface area contributed by atoms with Gasteiger partial charge in [0.2, 0.25) is 5.91 Å². The summed E-state index contributed by atoms with van der Waals surface area (Å²) >= 11 is 0. The summed E-state index contributed by atoms with van der Waals surface area (Å²) in [5.74, 6) is 0.909. The second-order valence-corrected chi connectivity index (χ2v) is 6.07. The number of amides is 1. The van der Waals surface area contributed by atoms with Gasteiger partial charge in [-0.05, 0) is 43.9 Å². The summed E-state index contributed by atoms with van der Waals surface area (Å²) in [4.78, 5) is 18.8. The van der Waals surface area contributed by atoms with E-state index < -0.39 is 5.54 Å². The van der Waals surface area contributed by atoms with Crippen molar-refractivity contribution >= 4 is 11.7 Å². The highest BCUT2D eigenvalue weighted by atomic mass is 16.2. The van der Waals surface area contributed by atoms with Gasteiger partial charge in [0.05, 0.1) is 5.54 Å². The maximum Gasteiger partial charge on any atom is 0.240 e. The van der Waals surface area contributed by atoms with Gasteiger partial charge in [-0.2, -0.15) is 0 Å². The van der Waals surface area contributed by atoms with E-state index in [1.807, 2.05) is 19.2 Å². The highest BCUT2D eigenvalue weighted by Crippen LogP contribution is 2.18. The van der Waals surface area contributed by atoms with Gasteiger partial charge in [0.15, 0.2) is 0 Å². The highest BCUT2D eigenvalue weighted by molar-refractivity contribution is 5.85. The van der Waals surface area contributed by atoms with Crippen LogP contribution in [0.4, 0.5) is 5.82 Å². The molecule has 116 valence electrons. The highest BCUT2D eigenvalue weighted by Gasteiger charge is 2.26. The maximum atomic E-state index is 12.1. The zero-order valence-corrected chi connectivity index (χ0v) is 13.1. The molecule has 1 atom stereocenters. The lowest BCUT2D eigenvalue weighted by molar-refractivity contribution is -0.126. The zero-order chi connectivity index (χ0) is 15.3. The summed E-state index contributed by atoms with van der Waals surface area (Å²) in [6, 6.07) is 3.99. The average Bonchev–Trinajstić information content (AvgIpc) is 2.99. The second-order valence-electron chi connectivity index (χ2n) is 6.07. The van der Waals surface area contributed by atoms with Gasteiger partial charge in [0.25, 0.3) is 0 Å². The number of nitrogens with two attached hydrogens (primary N) is 1. The van der Waals surface area contributed by atoms with E-state index in [1.54, 1.807) is 6.92 Å². The molecule has 0 aliphatic carbocycles. The number of carbonyl (C=O) groups is 1. The molecule has 0 radical (unpaired) electrons. The molecule has 1 aromatic rings. The van der Waals surface area contributed by atoms with Crippen molar-refractivity contribution in [1.82, 2.24) is 10.3 Å². The van der Waals surface area contributed by atoms with Crippen LogP contribution in [-0.4, -0.2) is 29.5 Å². The molecule has 1 saturated heterocycles. The Balaban J connectivity index is 1.94. The molecule has 1 unspecified atom stereocenters. The predicted molar refractivity (Wildman–Crippen MR) is 85.0 cm³/mol. The van der Waals surface area contributed by atoms with Crippen LogP contribution in [-0.2, 0) is 11.3 Å². The third kappa shape index (κ3) is 4.17. The van der Waals surface area contributed by atoms with Crippen LogP contribution in [0.25, 0.3) is 0 Å². The Morgan fingerprint density at radius 2 is 2.19 bits per heavy atom. The van der Waals surface area contributed by atoms with Gasteiger partial charge in [-0.15, -0.1) is 0 Å². The Morgan fingerprint density at radius 3 is 2.86 bits per heavy atom. The monoisotopic (exact) mass is 290 g/mol. The first-order valence-electron chi connectivity index (χ1n) is 7.80. The molecule has 2 rings (SSSR count). The normalized spacial score (nSPS) is 17.6. The number of nitrogens with zero attached hydrogens (tertiary/aromatic N) is 2. The van der Waals surface area contributed by atoms with Gasteiger partial charge in [0.1, 0.15) is 5.82 Å². The minimum Gasteiger partial charge on any atom is -0.357 e. The molecule has 1 aliphatic heterocycles. The van der Waals surface area contributed by atoms with Crippen molar-refractivity contribution in [3.8, 4) is 0 Å². The number of aromatic nitrogens is 1. The summed E-state index contributed by atoms with van der Waals surface area (Å²) in [6.07, 6.45) is 5.85. The first-order valence-corrected chi connectivity index (χ1v) is 7.80. The Labute approximate surface area is 126 Å². The van der Waals surface area contributed by atoms with Crippen LogP contribution in [0.2, 0.25) is 0 Å². The smallest absolute Gasteiger partial charge is 0.240 e. The lowest BCUT2D eigenvalue weighted by Crippen LogP contribution is -2.51. The van der Waals surface area contributed by atoms with Crippen LogP contribution in [0.15, 0.2) is 18.3 Å². The van der Waals surface area contributed by atoms with Gasteiger partial charge >= 0.3 is 0 Å². The van der Waals surface area contributed by atoms with Crippen molar-refractivity contribution in [2.45, 2.75) is 51.6 Å². The van der Waals surface area contributed by atoms with Crippen LogP contribution in [0.3, 0.4) is 0 Å². The minimum absolute atomic E-state index is 0.0936. The van der Waals surface area contributed by atoms with Crippen LogP contribution in [0.1, 0.15) is 45.1 Å². The van der Waals surface area contributed by atoms with Crippen molar-refractivity contribution in [3.63, 3.8) is 0 Å². The number of hydrogen-bond acceptors (Lipinski definition) is 4. The van der Waals surface area contributed by atoms with Gasteiger partial charge in [-0.1, -0.05) is 13.3 Å². The Kier molecular flexibility index (Phi) is 5.17. The summed E-state index contributed by atoms with van der Waals surface area (Å²) in [5, 5.41) is 2.93. The number of hydrogen-bond donors (Lipinski definition) is 2. The van der Waals surface area contributed by atoms with E-state index in [1.165, 1.54) is 12.8 Å². The molecule has 5 heteroatoms. The molecule has 0 saturated carbocycles. The van der Waals surface area contributed by atoms with Crippen LogP contribution in [0, 0.1) is 0 Å². The molecule has 5 nitrogen and oxygen atoms in total. The Hall–Kier alpha value is -1.62. The van der Waals surface area contributed by atoms with Crippen LogP contribution in [0.5, 0.6) is 0 Å². The van der Waals surface area contributed by atoms with Crippen LogP contribution < -0.4 is 16.0 Å². The molecule has 1 aliphatic rings. The standard InChI is InChI=1S/C16H26N4O/c1-3-7-16(2,17)15(21)19-12-13-6-8-18-14(11-13)20-9-4-5-10-20/h6,8,11H,3-5,7,9-10,12,17H2,1-2H3,(H,19,21). The van der Waals surface area contributed by atoms with Gasteiger partial charge < -0.3 is 16.0 Å². The number of nitrogens with one attached hydrogen (secondary N) is 1. The molecule has 0 aromatic carbocycles. The van der Waals surface area contributed by atoms with Crippen molar-refractivity contribution in [2.24, 2.45) is 5.73 Å². The number of pyridine rings is 1. The molecule has 0 spiro atoms. The van der Waals surface area contributed by atoms with E-state index in [4.69, 9.17) is 5.73 Å². The number of rotatable bonds is 6. The lowest BCUT2D eigenvalue weighted by atomic mass is 9.96. The molecular weight excluding hydrogens is 264 g/mol. The quantitative estimate of drug-likeness (QED) is 0.838. The molecule has 3 N–H and O–H groups in total.